The highest BCUT2D eigenvalue weighted by atomic mass is 16.5. The number of carbonyl (C=O) groups excluding carboxylic acids is 3. The van der Waals surface area contributed by atoms with Gasteiger partial charge in [0, 0.05) is 25.2 Å². The fourth-order valence-corrected chi connectivity index (χ4v) is 3.87. The molecule has 0 saturated heterocycles. The number of nitrogens with zero attached hydrogens (tertiary/aromatic N) is 6. The fraction of sp³-hybridized carbons (Fsp3) is 0.400. The second-order valence-electron chi connectivity index (χ2n) is 9.21. The Labute approximate surface area is 217 Å². The summed E-state index contributed by atoms with van der Waals surface area (Å²) in [6.45, 7) is -0.156. The highest BCUT2D eigenvalue weighted by molar-refractivity contribution is 5.95. The summed E-state index contributed by atoms with van der Waals surface area (Å²) in [5.41, 5.74) is 1.20. The number of aromatic nitrogens is 5. The molecule has 38 heavy (non-hydrogen) atoms. The Morgan fingerprint density at radius 3 is 2.55 bits per heavy atom. The van der Waals surface area contributed by atoms with Crippen molar-refractivity contribution in [3.63, 3.8) is 0 Å². The summed E-state index contributed by atoms with van der Waals surface area (Å²) in [6, 6.07) is 6.86. The number of rotatable bonds is 9. The number of carbonyl (C=O) groups is 3. The van der Waals surface area contributed by atoms with Crippen molar-refractivity contribution in [2.75, 3.05) is 19.5 Å². The van der Waals surface area contributed by atoms with Gasteiger partial charge in [0.1, 0.15) is 11.5 Å². The molecule has 2 aliphatic carbocycles. The first-order valence-electron chi connectivity index (χ1n) is 12.3. The SMILES string of the molecule is CNC(=O)c1cn(COC(=O)C2CC2)c(NC(=O)C2CC2)cc1=Nc1cccc(-c2nnn(C)n2)c1OC. The van der Waals surface area contributed by atoms with E-state index >= 15 is 0 Å². The van der Waals surface area contributed by atoms with Crippen molar-refractivity contribution in [2.45, 2.75) is 32.4 Å². The number of amides is 2. The molecule has 198 valence electrons. The Balaban J connectivity index is 1.61. The van der Waals surface area contributed by atoms with Crippen LogP contribution in [0, 0.1) is 11.8 Å². The summed E-state index contributed by atoms with van der Waals surface area (Å²) in [5.74, 6) is 0.102. The van der Waals surface area contributed by atoms with E-state index in [1.807, 2.05) is 0 Å². The van der Waals surface area contributed by atoms with Gasteiger partial charge < -0.3 is 20.1 Å². The van der Waals surface area contributed by atoms with Gasteiger partial charge in [0.2, 0.25) is 11.7 Å². The summed E-state index contributed by atoms with van der Waals surface area (Å²) in [4.78, 5) is 43.8. The molecule has 2 fully saturated rings. The van der Waals surface area contributed by atoms with E-state index in [0.29, 0.717) is 28.6 Å². The Morgan fingerprint density at radius 2 is 1.92 bits per heavy atom. The number of tetrazole rings is 1. The zero-order chi connectivity index (χ0) is 26.8. The number of anilines is 1. The normalized spacial score (nSPS) is 15.2. The number of hydrogen-bond acceptors (Lipinski definition) is 9. The smallest absolute Gasteiger partial charge is 0.310 e. The molecule has 0 bridgehead atoms. The molecule has 13 nitrogen and oxygen atoms in total. The van der Waals surface area contributed by atoms with E-state index in [0.717, 1.165) is 25.7 Å². The minimum Gasteiger partial charge on any atom is -0.494 e. The lowest BCUT2D eigenvalue weighted by atomic mass is 10.1. The molecule has 2 aromatic heterocycles. The fourth-order valence-electron chi connectivity index (χ4n) is 3.87. The molecular formula is C25H28N8O5. The molecule has 0 unspecified atom stereocenters. The van der Waals surface area contributed by atoms with Gasteiger partial charge in [0.25, 0.3) is 5.91 Å². The number of para-hydroxylation sites is 1. The molecular weight excluding hydrogens is 492 g/mol. The second-order valence-corrected chi connectivity index (χ2v) is 9.21. The number of pyridine rings is 1. The van der Waals surface area contributed by atoms with Gasteiger partial charge in [-0.15, -0.1) is 10.2 Å². The lowest BCUT2D eigenvalue weighted by Gasteiger charge is -2.17. The van der Waals surface area contributed by atoms with Crippen LogP contribution in [0.3, 0.4) is 0 Å². The van der Waals surface area contributed by atoms with Crippen LogP contribution in [0.15, 0.2) is 35.5 Å². The van der Waals surface area contributed by atoms with E-state index in [-0.39, 0.29) is 41.4 Å². The number of benzene rings is 1. The van der Waals surface area contributed by atoms with Gasteiger partial charge in [0.15, 0.2) is 12.5 Å². The first kappa shape index (κ1) is 25.1. The zero-order valence-electron chi connectivity index (χ0n) is 21.3. The lowest BCUT2D eigenvalue weighted by Crippen LogP contribution is -2.29. The van der Waals surface area contributed by atoms with Crippen LogP contribution in [-0.2, 0) is 28.1 Å². The average Bonchev–Trinajstić information content (AvgIpc) is 3.85. The topological polar surface area (TPSA) is 155 Å². The van der Waals surface area contributed by atoms with Gasteiger partial charge in [-0.1, -0.05) is 6.07 Å². The predicted octanol–water partition coefficient (Wildman–Crippen LogP) is 1.54. The first-order chi connectivity index (χ1) is 18.4. The van der Waals surface area contributed by atoms with E-state index in [1.54, 1.807) is 31.3 Å². The Kier molecular flexibility index (Phi) is 6.90. The first-order valence-corrected chi connectivity index (χ1v) is 12.3. The molecule has 2 heterocycles. The molecule has 13 heteroatoms. The van der Waals surface area contributed by atoms with Crippen LogP contribution in [0.5, 0.6) is 5.75 Å². The van der Waals surface area contributed by atoms with Gasteiger partial charge in [-0.3, -0.25) is 19.0 Å². The third kappa shape index (κ3) is 5.41. The summed E-state index contributed by atoms with van der Waals surface area (Å²) in [6.07, 6.45) is 4.76. The number of nitrogens with one attached hydrogen (secondary N) is 2. The molecule has 0 spiro atoms. The number of methoxy groups -OCH3 is 1. The number of aryl methyl sites for hydroxylation is 1. The van der Waals surface area contributed by atoms with Crippen LogP contribution in [0.4, 0.5) is 11.5 Å². The van der Waals surface area contributed by atoms with Crippen LogP contribution in [0.1, 0.15) is 36.0 Å². The summed E-state index contributed by atoms with van der Waals surface area (Å²) in [7, 11) is 4.67. The molecule has 2 aliphatic rings. The summed E-state index contributed by atoms with van der Waals surface area (Å²) < 4.78 is 12.6. The Bertz CT molecular complexity index is 1470. The summed E-state index contributed by atoms with van der Waals surface area (Å²) >= 11 is 0. The van der Waals surface area contributed by atoms with Crippen molar-refractivity contribution in [3.05, 3.63) is 41.4 Å². The van der Waals surface area contributed by atoms with Crippen LogP contribution in [-0.4, -0.2) is 56.7 Å². The van der Waals surface area contributed by atoms with E-state index in [2.05, 4.69) is 26.0 Å². The molecule has 2 saturated carbocycles. The van der Waals surface area contributed by atoms with Crippen molar-refractivity contribution in [3.8, 4) is 17.1 Å². The molecule has 2 N–H and O–H groups in total. The predicted molar refractivity (Wildman–Crippen MR) is 134 cm³/mol. The Morgan fingerprint density at radius 1 is 1.16 bits per heavy atom. The van der Waals surface area contributed by atoms with Crippen molar-refractivity contribution in [1.82, 2.24) is 30.1 Å². The van der Waals surface area contributed by atoms with E-state index < -0.39 is 5.91 Å². The molecule has 3 aromatic rings. The number of hydrogen-bond donors (Lipinski definition) is 2. The molecule has 0 atom stereocenters. The average molecular weight is 521 g/mol. The van der Waals surface area contributed by atoms with Crippen molar-refractivity contribution in [1.29, 1.82) is 0 Å². The van der Waals surface area contributed by atoms with Crippen molar-refractivity contribution in [2.24, 2.45) is 23.9 Å². The highest BCUT2D eigenvalue weighted by Gasteiger charge is 2.32. The zero-order valence-corrected chi connectivity index (χ0v) is 21.3. The standard InChI is InChI=1S/C25H28N8O5/c1-26-24(35)17-12-33(13-38-25(36)15-9-10-15)20(28-23(34)14-7-8-14)11-19(17)27-18-6-4-5-16(21(18)37-3)22-29-31-32(2)30-22/h4-6,11-12,14-15H,7-10,13H2,1-3H3,(H,26,35)(H,28,34). The van der Waals surface area contributed by atoms with Gasteiger partial charge in [0.05, 0.1) is 36.6 Å². The largest absolute Gasteiger partial charge is 0.494 e. The van der Waals surface area contributed by atoms with E-state index in [4.69, 9.17) is 14.5 Å². The van der Waals surface area contributed by atoms with Crippen LogP contribution >= 0.6 is 0 Å². The molecule has 2 amide bonds. The van der Waals surface area contributed by atoms with Crippen LogP contribution in [0.25, 0.3) is 11.4 Å². The number of esters is 1. The third-order valence-corrected chi connectivity index (χ3v) is 6.26. The number of ether oxygens (including phenoxy) is 2. The van der Waals surface area contributed by atoms with Crippen LogP contribution < -0.4 is 20.7 Å². The summed E-state index contributed by atoms with van der Waals surface area (Å²) in [5, 5.41) is 18.0. The Hall–Kier alpha value is -4.55. The van der Waals surface area contributed by atoms with Crippen molar-refractivity contribution >= 4 is 29.3 Å². The van der Waals surface area contributed by atoms with Gasteiger partial charge in [-0.2, -0.15) is 4.80 Å². The minimum atomic E-state index is -0.406. The van der Waals surface area contributed by atoms with Gasteiger partial charge in [-0.25, -0.2) is 4.99 Å². The molecule has 0 radical (unpaired) electrons. The van der Waals surface area contributed by atoms with Gasteiger partial charge >= 0.3 is 5.97 Å². The molecule has 0 aliphatic heterocycles. The maximum Gasteiger partial charge on any atom is 0.310 e. The quantitative estimate of drug-likeness (QED) is 0.403. The highest BCUT2D eigenvalue weighted by Crippen LogP contribution is 2.36. The van der Waals surface area contributed by atoms with Crippen molar-refractivity contribution < 1.29 is 23.9 Å². The van der Waals surface area contributed by atoms with E-state index in [9.17, 15) is 14.4 Å². The lowest BCUT2D eigenvalue weighted by molar-refractivity contribution is -0.149. The van der Waals surface area contributed by atoms with Gasteiger partial charge in [-0.05, 0) is 43.0 Å². The minimum absolute atomic E-state index is 0.0623. The van der Waals surface area contributed by atoms with E-state index in [1.165, 1.54) is 29.7 Å². The molecule has 1 aromatic carbocycles. The van der Waals surface area contributed by atoms with Crippen LogP contribution in [0.2, 0.25) is 0 Å². The third-order valence-electron chi connectivity index (χ3n) is 6.26. The second kappa shape index (κ2) is 10.4. The maximum atomic E-state index is 12.9. The molecule has 5 rings (SSSR count). The maximum absolute atomic E-state index is 12.9. The monoisotopic (exact) mass is 520 g/mol.